The summed E-state index contributed by atoms with van der Waals surface area (Å²) >= 11 is 0. The Morgan fingerprint density at radius 1 is 1.10 bits per heavy atom. The number of benzene rings is 1. The largest absolute Gasteiger partial charge is 0.399 e. The molecule has 0 amide bonds. The Morgan fingerprint density at radius 3 is 2.55 bits per heavy atom. The van der Waals surface area contributed by atoms with Gasteiger partial charge in [-0.1, -0.05) is 0 Å². The number of nitrogen functional groups attached to an aromatic ring is 1. The molecule has 1 aliphatic heterocycles. The lowest BCUT2D eigenvalue weighted by atomic mass is 10.2. The summed E-state index contributed by atoms with van der Waals surface area (Å²) < 4.78 is 0. The van der Waals surface area contributed by atoms with Crippen LogP contribution in [0, 0.1) is 0 Å². The number of fused-ring (bicyclic) bond motifs is 1. The molecular formula is C15H21N5. The van der Waals surface area contributed by atoms with Gasteiger partial charge in [0.15, 0.2) is 0 Å². The second kappa shape index (κ2) is 5.25. The number of aromatic nitrogens is 2. The van der Waals surface area contributed by atoms with Gasteiger partial charge in [-0.05, 0) is 32.0 Å². The van der Waals surface area contributed by atoms with Crippen molar-refractivity contribution in [2.45, 2.75) is 19.9 Å². The first-order valence-electron chi connectivity index (χ1n) is 7.14. The first-order valence-corrected chi connectivity index (χ1v) is 7.14. The monoisotopic (exact) mass is 271 g/mol. The summed E-state index contributed by atoms with van der Waals surface area (Å²) in [5, 5.41) is 1.08. The van der Waals surface area contributed by atoms with Gasteiger partial charge in [0, 0.05) is 43.3 Å². The van der Waals surface area contributed by atoms with Crippen LogP contribution in [0.4, 0.5) is 11.5 Å². The maximum Gasteiger partial charge on any atom is 0.139 e. The van der Waals surface area contributed by atoms with Crippen molar-refractivity contribution in [2.24, 2.45) is 0 Å². The van der Waals surface area contributed by atoms with Crippen molar-refractivity contribution in [2.75, 3.05) is 36.8 Å². The highest BCUT2D eigenvalue weighted by Crippen LogP contribution is 2.25. The van der Waals surface area contributed by atoms with Crippen molar-refractivity contribution < 1.29 is 0 Å². The number of piperazine rings is 1. The van der Waals surface area contributed by atoms with Crippen molar-refractivity contribution >= 4 is 22.4 Å². The van der Waals surface area contributed by atoms with Crippen LogP contribution in [0.5, 0.6) is 0 Å². The third kappa shape index (κ3) is 2.41. The van der Waals surface area contributed by atoms with Crippen molar-refractivity contribution in [1.82, 2.24) is 14.9 Å². The summed E-state index contributed by atoms with van der Waals surface area (Å²) in [7, 11) is 0. The van der Waals surface area contributed by atoms with Gasteiger partial charge in [0.25, 0.3) is 0 Å². The molecule has 0 bridgehead atoms. The van der Waals surface area contributed by atoms with Gasteiger partial charge in [-0.15, -0.1) is 0 Å². The molecule has 0 saturated carbocycles. The van der Waals surface area contributed by atoms with Crippen LogP contribution in [0.1, 0.15) is 13.8 Å². The van der Waals surface area contributed by atoms with Crippen LogP contribution in [0.15, 0.2) is 24.5 Å². The molecule has 0 radical (unpaired) electrons. The van der Waals surface area contributed by atoms with E-state index in [1.54, 1.807) is 6.33 Å². The van der Waals surface area contributed by atoms with E-state index in [2.05, 4.69) is 33.6 Å². The van der Waals surface area contributed by atoms with Crippen molar-refractivity contribution in [3.63, 3.8) is 0 Å². The van der Waals surface area contributed by atoms with Crippen LogP contribution >= 0.6 is 0 Å². The molecule has 1 aromatic carbocycles. The van der Waals surface area contributed by atoms with E-state index in [-0.39, 0.29) is 0 Å². The fourth-order valence-corrected chi connectivity index (χ4v) is 2.76. The third-order valence-corrected chi connectivity index (χ3v) is 3.98. The first kappa shape index (κ1) is 13.1. The van der Waals surface area contributed by atoms with Gasteiger partial charge in [-0.3, -0.25) is 4.90 Å². The quantitative estimate of drug-likeness (QED) is 0.843. The van der Waals surface area contributed by atoms with E-state index in [0.29, 0.717) is 6.04 Å². The van der Waals surface area contributed by atoms with Crippen LogP contribution in [-0.2, 0) is 0 Å². The fraction of sp³-hybridized carbons (Fsp3) is 0.467. The minimum absolute atomic E-state index is 0.610. The van der Waals surface area contributed by atoms with Gasteiger partial charge >= 0.3 is 0 Å². The molecule has 5 nitrogen and oxygen atoms in total. The highest BCUT2D eigenvalue weighted by atomic mass is 15.3. The second-order valence-electron chi connectivity index (χ2n) is 5.59. The number of hydrogen-bond acceptors (Lipinski definition) is 5. The van der Waals surface area contributed by atoms with Crippen LogP contribution in [0.3, 0.4) is 0 Å². The van der Waals surface area contributed by atoms with E-state index in [1.165, 1.54) is 0 Å². The zero-order valence-electron chi connectivity index (χ0n) is 12.1. The lowest BCUT2D eigenvalue weighted by molar-refractivity contribution is 0.209. The molecule has 0 aliphatic carbocycles. The molecule has 3 rings (SSSR count). The average Bonchev–Trinajstić information content (AvgIpc) is 2.46. The normalized spacial score (nSPS) is 17.1. The Balaban J connectivity index is 1.88. The SMILES string of the molecule is CC(C)N1CCN(c2ncnc3cc(N)ccc23)CC1. The molecule has 0 atom stereocenters. The first-order chi connectivity index (χ1) is 9.65. The Morgan fingerprint density at radius 2 is 1.85 bits per heavy atom. The van der Waals surface area contributed by atoms with Gasteiger partial charge in [-0.25, -0.2) is 9.97 Å². The highest BCUT2D eigenvalue weighted by molar-refractivity contribution is 5.91. The van der Waals surface area contributed by atoms with Crippen LogP contribution < -0.4 is 10.6 Å². The molecule has 106 valence electrons. The average molecular weight is 271 g/mol. The van der Waals surface area contributed by atoms with Crippen LogP contribution in [0.25, 0.3) is 10.9 Å². The lowest BCUT2D eigenvalue weighted by Gasteiger charge is -2.37. The molecular weight excluding hydrogens is 250 g/mol. The third-order valence-electron chi connectivity index (χ3n) is 3.98. The van der Waals surface area contributed by atoms with Gasteiger partial charge in [0.05, 0.1) is 5.52 Å². The van der Waals surface area contributed by atoms with Gasteiger partial charge < -0.3 is 10.6 Å². The van der Waals surface area contributed by atoms with Gasteiger partial charge in [0.2, 0.25) is 0 Å². The van der Waals surface area contributed by atoms with E-state index in [0.717, 1.165) is 48.6 Å². The summed E-state index contributed by atoms with van der Waals surface area (Å²) in [4.78, 5) is 13.6. The van der Waals surface area contributed by atoms with Crippen LogP contribution in [0.2, 0.25) is 0 Å². The minimum atomic E-state index is 0.610. The van der Waals surface area contributed by atoms with Crippen molar-refractivity contribution in [3.8, 4) is 0 Å². The Labute approximate surface area is 119 Å². The van der Waals surface area contributed by atoms with Crippen LogP contribution in [-0.4, -0.2) is 47.1 Å². The molecule has 1 aromatic heterocycles. The number of rotatable bonds is 2. The zero-order chi connectivity index (χ0) is 14.1. The lowest BCUT2D eigenvalue weighted by Crippen LogP contribution is -2.49. The predicted octanol–water partition coefficient (Wildman–Crippen LogP) is 1.74. The van der Waals surface area contributed by atoms with E-state index in [4.69, 9.17) is 5.73 Å². The van der Waals surface area contributed by atoms with Gasteiger partial charge in [-0.2, -0.15) is 0 Å². The summed E-state index contributed by atoms with van der Waals surface area (Å²) in [5.41, 5.74) is 7.48. The Bertz CT molecular complexity index is 602. The molecule has 1 saturated heterocycles. The van der Waals surface area contributed by atoms with E-state index in [9.17, 15) is 0 Å². The molecule has 1 fully saturated rings. The number of nitrogens with zero attached hydrogens (tertiary/aromatic N) is 4. The second-order valence-corrected chi connectivity index (χ2v) is 5.59. The summed E-state index contributed by atoms with van der Waals surface area (Å²) in [5.74, 6) is 1.03. The number of hydrogen-bond donors (Lipinski definition) is 1. The molecule has 5 heteroatoms. The molecule has 20 heavy (non-hydrogen) atoms. The molecule has 1 aliphatic rings. The molecule has 0 unspecified atom stereocenters. The van der Waals surface area contributed by atoms with Crippen molar-refractivity contribution in [3.05, 3.63) is 24.5 Å². The maximum absolute atomic E-state index is 5.82. The Kier molecular flexibility index (Phi) is 3.44. The standard InChI is InChI=1S/C15H21N5/c1-11(2)19-5-7-20(8-6-19)15-13-4-3-12(16)9-14(13)17-10-18-15/h3-4,9-11H,5-8,16H2,1-2H3. The molecule has 0 spiro atoms. The highest BCUT2D eigenvalue weighted by Gasteiger charge is 2.21. The van der Waals surface area contributed by atoms with E-state index < -0.39 is 0 Å². The molecule has 2 heterocycles. The molecule has 2 N–H and O–H groups in total. The summed E-state index contributed by atoms with van der Waals surface area (Å²) in [6.07, 6.45) is 1.63. The number of anilines is 2. The van der Waals surface area contributed by atoms with Crippen molar-refractivity contribution in [1.29, 1.82) is 0 Å². The Hall–Kier alpha value is -1.88. The maximum atomic E-state index is 5.82. The fourth-order valence-electron chi connectivity index (χ4n) is 2.76. The van der Waals surface area contributed by atoms with E-state index >= 15 is 0 Å². The predicted molar refractivity (Wildman–Crippen MR) is 82.9 cm³/mol. The number of nitrogens with two attached hydrogens (primary N) is 1. The van der Waals surface area contributed by atoms with E-state index in [1.807, 2.05) is 18.2 Å². The van der Waals surface area contributed by atoms with Gasteiger partial charge in [0.1, 0.15) is 12.1 Å². The summed E-state index contributed by atoms with van der Waals surface area (Å²) in [6.45, 7) is 8.68. The zero-order valence-corrected chi connectivity index (χ0v) is 12.1. The minimum Gasteiger partial charge on any atom is -0.399 e. The molecule has 2 aromatic rings. The smallest absolute Gasteiger partial charge is 0.139 e. The topological polar surface area (TPSA) is 58.3 Å². The summed E-state index contributed by atoms with van der Waals surface area (Å²) in [6, 6.07) is 6.46.